The van der Waals surface area contributed by atoms with Gasteiger partial charge in [-0.05, 0) is 38.2 Å². The monoisotopic (exact) mass is 444 g/mol. The average Bonchev–Trinajstić information content (AvgIpc) is 2.72. The molecular formula is C22H28N4O4S. The first-order valence-electron chi connectivity index (χ1n) is 10.6. The number of sulfonamides is 1. The van der Waals surface area contributed by atoms with Gasteiger partial charge in [-0.2, -0.15) is 4.31 Å². The number of aryl methyl sites for hydroxylation is 1. The Bertz CT molecular complexity index is 1160. The second kappa shape index (κ2) is 8.55. The molecule has 0 unspecified atom stereocenters. The minimum absolute atomic E-state index is 0.00781. The van der Waals surface area contributed by atoms with Crippen LogP contribution in [-0.4, -0.2) is 52.8 Å². The second-order valence-corrected chi connectivity index (χ2v) is 10.5. The van der Waals surface area contributed by atoms with Gasteiger partial charge in [-0.3, -0.25) is 9.59 Å². The SMILES string of the molecule is Cc1cccc(CC(=O)N2CCCC[C@@H]2c2nc3c(c(=O)[nH]2)CCN(S(C)(=O)=O)C3)c1. The summed E-state index contributed by atoms with van der Waals surface area (Å²) >= 11 is 0. The fraction of sp³-hybridized carbons (Fsp3) is 0.500. The molecule has 2 aromatic rings. The van der Waals surface area contributed by atoms with Crippen molar-refractivity contribution in [2.24, 2.45) is 0 Å². The lowest BCUT2D eigenvalue weighted by Gasteiger charge is -2.36. The van der Waals surface area contributed by atoms with Gasteiger partial charge in [0.15, 0.2) is 0 Å². The fourth-order valence-corrected chi connectivity index (χ4v) is 5.27. The number of amides is 1. The highest BCUT2D eigenvalue weighted by Gasteiger charge is 2.32. The maximum Gasteiger partial charge on any atom is 0.254 e. The zero-order valence-electron chi connectivity index (χ0n) is 17.9. The van der Waals surface area contributed by atoms with Gasteiger partial charge >= 0.3 is 0 Å². The van der Waals surface area contributed by atoms with E-state index in [4.69, 9.17) is 0 Å². The summed E-state index contributed by atoms with van der Waals surface area (Å²) in [5, 5.41) is 0. The van der Waals surface area contributed by atoms with Gasteiger partial charge in [0.2, 0.25) is 15.9 Å². The normalized spacial score (nSPS) is 19.8. The van der Waals surface area contributed by atoms with E-state index in [0.29, 0.717) is 36.5 Å². The Morgan fingerprint density at radius 3 is 2.81 bits per heavy atom. The van der Waals surface area contributed by atoms with Gasteiger partial charge in [0.05, 0.1) is 31.0 Å². The van der Waals surface area contributed by atoms with Crippen LogP contribution in [0.4, 0.5) is 0 Å². The van der Waals surface area contributed by atoms with E-state index in [9.17, 15) is 18.0 Å². The summed E-state index contributed by atoms with van der Waals surface area (Å²) in [6.07, 6.45) is 4.37. The van der Waals surface area contributed by atoms with E-state index in [1.165, 1.54) is 10.6 Å². The third-order valence-corrected chi connectivity index (χ3v) is 7.35. The number of rotatable bonds is 4. The molecule has 0 bridgehead atoms. The lowest BCUT2D eigenvalue weighted by molar-refractivity contribution is -0.134. The Kier molecular flexibility index (Phi) is 5.98. The van der Waals surface area contributed by atoms with E-state index in [2.05, 4.69) is 9.97 Å². The molecule has 8 nitrogen and oxygen atoms in total. The van der Waals surface area contributed by atoms with Gasteiger partial charge in [0, 0.05) is 18.7 Å². The molecule has 31 heavy (non-hydrogen) atoms. The fourth-order valence-electron chi connectivity index (χ4n) is 4.49. The number of nitrogens with one attached hydrogen (secondary N) is 1. The number of fused-ring (bicyclic) bond motifs is 1. The molecule has 1 atom stereocenters. The predicted octanol–water partition coefficient (Wildman–Crippen LogP) is 1.69. The number of aromatic nitrogens is 2. The molecule has 3 heterocycles. The summed E-state index contributed by atoms with van der Waals surface area (Å²) in [7, 11) is -3.36. The number of nitrogens with zero attached hydrogens (tertiary/aromatic N) is 3. The van der Waals surface area contributed by atoms with Gasteiger partial charge < -0.3 is 9.88 Å². The molecule has 1 aromatic carbocycles. The molecule has 2 aliphatic rings. The first kappa shape index (κ1) is 21.7. The summed E-state index contributed by atoms with van der Waals surface area (Å²) in [5.41, 5.74) is 2.87. The summed E-state index contributed by atoms with van der Waals surface area (Å²) in [4.78, 5) is 35.2. The highest BCUT2D eigenvalue weighted by Crippen LogP contribution is 2.30. The maximum atomic E-state index is 13.1. The van der Waals surface area contributed by atoms with Crippen molar-refractivity contribution in [1.82, 2.24) is 19.2 Å². The first-order valence-corrected chi connectivity index (χ1v) is 12.5. The summed E-state index contributed by atoms with van der Waals surface area (Å²) in [5.74, 6) is 0.463. The number of benzene rings is 1. The molecule has 1 N–H and O–H groups in total. The van der Waals surface area contributed by atoms with Crippen molar-refractivity contribution < 1.29 is 13.2 Å². The van der Waals surface area contributed by atoms with Crippen LogP contribution in [0.2, 0.25) is 0 Å². The Hall–Kier alpha value is -2.52. The quantitative estimate of drug-likeness (QED) is 0.773. The van der Waals surface area contributed by atoms with E-state index < -0.39 is 10.0 Å². The van der Waals surface area contributed by atoms with Crippen LogP contribution in [0.5, 0.6) is 0 Å². The molecule has 1 fully saturated rings. The molecule has 4 rings (SSSR count). The molecule has 0 aliphatic carbocycles. The molecule has 0 radical (unpaired) electrons. The number of aromatic amines is 1. The summed E-state index contributed by atoms with van der Waals surface area (Å²) in [6, 6.07) is 7.59. The highest BCUT2D eigenvalue weighted by molar-refractivity contribution is 7.88. The topological polar surface area (TPSA) is 103 Å². The van der Waals surface area contributed by atoms with Crippen molar-refractivity contribution in [3.8, 4) is 0 Å². The lowest BCUT2D eigenvalue weighted by Crippen LogP contribution is -2.42. The van der Waals surface area contributed by atoms with Crippen molar-refractivity contribution >= 4 is 15.9 Å². The van der Waals surface area contributed by atoms with Crippen LogP contribution >= 0.6 is 0 Å². The Labute approximate surface area is 182 Å². The minimum atomic E-state index is -3.36. The molecular weight excluding hydrogens is 416 g/mol. The van der Waals surface area contributed by atoms with E-state index in [1.54, 1.807) is 0 Å². The van der Waals surface area contributed by atoms with Gasteiger partial charge in [-0.25, -0.2) is 13.4 Å². The van der Waals surface area contributed by atoms with Crippen LogP contribution < -0.4 is 5.56 Å². The predicted molar refractivity (Wildman–Crippen MR) is 117 cm³/mol. The molecule has 9 heteroatoms. The van der Waals surface area contributed by atoms with Gasteiger partial charge in [0.25, 0.3) is 5.56 Å². The minimum Gasteiger partial charge on any atom is -0.332 e. The molecule has 1 aromatic heterocycles. The van der Waals surface area contributed by atoms with Gasteiger partial charge in [-0.1, -0.05) is 29.8 Å². The van der Waals surface area contributed by atoms with Crippen LogP contribution in [0.15, 0.2) is 29.1 Å². The van der Waals surface area contributed by atoms with Gasteiger partial charge in [0.1, 0.15) is 5.82 Å². The third kappa shape index (κ3) is 4.72. The summed E-state index contributed by atoms with van der Waals surface area (Å²) < 4.78 is 25.3. The lowest BCUT2D eigenvalue weighted by atomic mass is 9.99. The van der Waals surface area contributed by atoms with Crippen LogP contribution in [0.25, 0.3) is 0 Å². The zero-order chi connectivity index (χ0) is 22.2. The molecule has 166 valence electrons. The first-order chi connectivity index (χ1) is 14.7. The molecule has 0 saturated carbocycles. The number of carbonyl (C=O) groups is 1. The average molecular weight is 445 g/mol. The molecule has 2 aliphatic heterocycles. The number of hydrogen-bond acceptors (Lipinski definition) is 5. The number of hydrogen-bond donors (Lipinski definition) is 1. The zero-order valence-corrected chi connectivity index (χ0v) is 18.7. The van der Waals surface area contributed by atoms with Crippen LogP contribution in [0, 0.1) is 6.92 Å². The van der Waals surface area contributed by atoms with E-state index in [0.717, 1.165) is 30.4 Å². The summed E-state index contributed by atoms with van der Waals surface area (Å²) in [6.45, 7) is 2.99. The van der Waals surface area contributed by atoms with E-state index >= 15 is 0 Å². The van der Waals surface area contributed by atoms with Crippen molar-refractivity contribution in [3.05, 3.63) is 62.8 Å². The number of likely N-dealkylation sites (tertiary alicyclic amines) is 1. The Morgan fingerprint density at radius 2 is 2.06 bits per heavy atom. The number of H-pyrrole nitrogens is 1. The molecule has 1 amide bonds. The van der Waals surface area contributed by atoms with Crippen molar-refractivity contribution in [2.75, 3.05) is 19.3 Å². The molecule has 0 spiro atoms. The second-order valence-electron chi connectivity index (χ2n) is 8.49. The smallest absolute Gasteiger partial charge is 0.254 e. The largest absolute Gasteiger partial charge is 0.332 e. The Morgan fingerprint density at radius 1 is 1.26 bits per heavy atom. The number of piperidine rings is 1. The van der Waals surface area contributed by atoms with E-state index in [-0.39, 0.29) is 30.6 Å². The van der Waals surface area contributed by atoms with E-state index in [1.807, 2.05) is 36.1 Å². The van der Waals surface area contributed by atoms with Crippen molar-refractivity contribution in [1.29, 1.82) is 0 Å². The van der Waals surface area contributed by atoms with Crippen molar-refractivity contribution in [2.45, 2.75) is 51.6 Å². The number of carbonyl (C=O) groups excluding carboxylic acids is 1. The molecule has 1 saturated heterocycles. The van der Waals surface area contributed by atoms with Gasteiger partial charge in [-0.15, -0.1) is 0 Å². The Balaban J connectivity index is 1.62. The maximum absolute atomic E-state index is 13.1. The van der Waals surface area contributed by atoms with Crippen LogP contribution in [0.3, 0.4) is 0 Å². The third-order valence-electron chi connectivity index (χ3n) is 6.10. The van der Waals surface area contributed by atoms with Crippen LogP contribution in [0.1, 0.15) is 53.5 Å². The standard InChI is InChI=1S/C22H28N4O4S/c1-15-6-5-7-16(12-15)13-20(27)26-10-4-3-8-19(26)21-23-18-14-25(31(2,29)30)11-9-17(18)22(28)24-21/h5-7,12,19H,3-4,8-11,13-14H2,1-2H3,(H,23,24,28)/t19-/m1/s1. The van der Waals surface area contributed by atoms with Crippen LogP contribution in [-0.2, 0) is 34.2 Å². The highest BCUT2D eigenvalue weighted by atomic mass is 32.2. The van der Waals surface area contributed by atoms with Crippen molar-refractivity contribution in [3.63, 3.8) is 0 Å².